The van der Waals surface area contributed by atoms with Crippen LogP contribution in [0.5, 0.6) is 0 Å². The molecule has 7 nitrogen and oxygen atoms in total. The van der Waals surface area contributed by atoms with E-state index >= 15 is 0 Å². The normalized spacial score (nSPS) is 16.2. The number of nitrogens with zero attached hydrogens (tertiary/aromatic N) is 2. The lowest BCUT2D eigenvalue weighted by atomic mass is 9.97. The van der Waals surface area contributed by atoms with Crippen LogP contribution in [0.15, 0.2) is 4.52 Å². The van der Waals surface area contributed by atoms with Gasteiger partial charge in [-0.25, -0.2) is 8.78 Å². The first-order valence-corrected chi connectivity index (χ1v) is 8.87. The van der Waals surface area contributed by atoms with E-state index in [9.17, 15) is 18.7 Å². The maximum atomic E-state index is 13.7. The van der Waals surface area contributed by atoms with E-state index in [2.05, 4.69) is 15.5 Å². The fraction of sp³-hybridized carbons (Fsp3) is 0.824. The summed E-state index contributed by atoms with van der Waals surface area (Å²) in [5.41, 5.74) is 5.23. The Morgan fingerprint density at radius 3 is 2.42 bits per heavy atom. The van der Waals surface area contributed by atoms with E-state index in [1.54, 1.807) is 13.8 Å². The second-order valence-electron chi connectivity index (χ2n) is 7.59. The molecule has 0 aliphatic rings. The molecule has 1 unspecified atom stereocenters. The van der Waals surface area contributed by atoms with Crippen molar-refractivity contribution < 1.29 is 23.2 Å². The van der Waals surface area contributed by atoms with Gasteiger partial charge in [0.1, 0.15) is 6.10 Å². The molecule has 3 atom stereocenters. The van der Waals surface area contributed by atoms with Gasteiger partial charge in [-0.2, -0.15) is 4.98 Å². The van der Waals surface area contributed by atoms with Crippen molar-refractivity contribution >= 4 is 5.91 Å². The lowest BCUT2D eigenvalue weighted by Gasteiger charge is -2.24. The van der Waals surface area contributed by atoms with Crippen LogP contribution < -0.4 is 11.1 Å². The van der Waals surface area contributed by atoms with Gasteiger partial charge in [0.25, 0.3) is 0 Å². The Hall–Kier alpha value is -1.61. The third kappa shape index (κ3) is 6.28. The molecule has 1 heterocycles. The van der Waals surface area contributed by atoms with Gasteiger partial charge < -0.3 is 20.7 Å². The predicted octanol–water partition coefficient (Wildman–Crippen LogP) is 2.45. The molecule has 0 spiro atoms. The van der Waals surface area contributed by atoms with Crippen molar-refractivity contribution in [3.05, 3.63) is 11.7 Å². The number of amides is 1. The molecule has 1 rings (SSSR count). The minimum Gasteiger partial charge on any atom is -0.383 e. The molecule has 1 aromatic rings. The number of halogens is 2. The molecule has 0 aliphatic carbocycles. The molecule has 0 bridgehead atoms. The van der Waals surface area contributed by atoms with E-state index in [-0.39, 0.29) is 17.7 Å². The van der Waals surface area contributed by atoms with Gasteiger partial charge >= 0.3 is 0 Å². The summed E-state index contributed by atoms with van der Waals surface area (Å²) in [6, 6.07) is -2.13. The summed E-state index contributed by atoms with van der Waals surface area (Å²) in [5, 5.41) is 16.7. The van der Waals surface area contributed by atoms with Gasteiger partial charge in [0.2, 0.25) is 23.5 Å². The zero-order valence-corrected chi connectivity index (χ0v) is 16.1. The van der Waals surface area contributed by atoms with Gasteiger partial charge in [0.05, 0.1) is 12.1 Å². The van der Waals surface area contributed by atoms with Crippen molar-refractivity contribution in [3.8, 4) is 0 Å². The van der Waals surface area contributed by atoms with E-state index in [0.29, 0.717) is 18.7 Å². The summed E-state index contributed by atoms with van der Waals surface area (Å²) >= 11 is 0. The molecule has 150 valence electrons. The first-order chi connectivity index (χ1) is 11.9. The number of aliphatic hydroxyl groups is 1. The molecular weight excluding hydrogens is 346 g/mol. The number of hydrogen-bond acceptors (Lipinski definition) is 6. The molecule has 0 radical (unpaired) electrons. The van der Waals surface area contributed by atoms with Crippen LogP contribution in [-0.4, -0.2) is 39.2 Å². The van der Waals surface area contributed by atoms with E-state index in [1.807, 2.05) is 20.8 Å². The molecule has 4 N–H and O–H groups in total. The maximum absolute atomic E-state index is 13.7. The Balaban J connectivity index is 2.76. The van der Waals surface area contributed by atoms with Crippen LogP contribution in [0.2, 0.25) is 0 Å². The molecule has 0 aliphatic heterocycles. The van der Waals surface area contributed by atoms with Crippen LogP contribution in [-0.2, 0) is 10.2 Å². The largest absolute Gasteiger partial charge is 0.383 e. The quantitative estimate of drug-likeness (QED) is 0.610. The Bertz CT molecular complexity index is 587. The molecule has 0 aromatic carbocycles. The number of carbonyl (C=O) groups is 1. The number of hydrogen-bond donors (Lipinski definition) is 3. The number of alkyl halides is 2. The Morgan fingerprint density at radius 1 is 1.35 bits per heavy atom. The first-order valence-electron chi connectivity index (χ1n) is 8.87. The summed E-state index contributed by atoms with van der Waals surface area (Å²) in [5.74, 6) is -3.36. The minimum atomic E-state index is -3.00. The second-order valence-corrected chi connectivity index (χ2v) is 7.59. The van der Waals surface area contributed by atoms with Gasteiger partial charge in [-0.3, -0.25) is 4.79 Å². The number of aliphatic hydroxyl groups excluding tert-OH is 1. The SMILES string of the molecule is CCCC(F)(F)C[C@H](N)C(=O)N[C@@H](CC)C(O)c1noc(C(C)(C)C)n1. The van der Waals surface area contributed by atoms with Gasteiger partial charge in [-0.15, -0.1) is 0 Å². The van der Waals surface area contributed by atoms with Crippen molar-refractivity contribution in [3.63, 3.8) is 0 Å². The van der Waals surface area contributed by atoms with Crippen LogP contribution in [0.25, 0.3) is 0 Å². The Morgan fingerprint density at radius 2 is 1.96 bits per heavy atom. The smallest absolute Gasteiger partial charge is 0.250 e. The summed E-state index contributed by atoms with van der Waals surface area (Å²) in [7, 11) is 0. The molecule has 1 amide bonds. The monoisotopic (exact) mass is 376 g/mol. The topological polar surface area (TPSA) is 114 Å². The highest BCUT2D eigenvalue weighted by molar-refractivity contribution is 5.81. The van der Waals surface area contributed by atoms with Crippen LogP contribution in [0.1, 0.15) is 78.1 Å². The van der Waals surface area contributed by atoms with E-state index < -0.39 is 36.4 Å². The predicted molar refractivity (Wildman–Crippen MR) is 92.6 cm³/mol. The molecule has 9 heteroatoms. The molecular formula is C17H30F2N4O3. The highest BCUT2D eigenvalue weighted by Gasteiger charge is 2.35. The molecule has 26 heavy (non-hydrogen) atoms. The van der Waals surface area contributed by atoms with Crippen LogP contribution in [0, 0.1) is 0 Å². The molecule has 1 aromatic heterocycles. The number of aromatic nitrogens is 2. The van der Waals surface area contributed by atoms with Gasteiger partial charge in [-0.1, -0.05) is 46.2 Å². The maximum Gasteiger partial charge on any atom is 0.250 e. The van der Waals surface area contributed by atoms with Gasteiger partial charge in [0.15, 0.2) is 0 Å². The minimum absolute atomic E-state index is 0.0342. The average Bonchev–Trinajstić information content (AvgIpc) is 3.01. The second kappa shape index (κ2) is 8.85. The fourth-order valence-electron chi connectivity index (χ4n) is 2.42. The molecule has 0 saturated heterocycles. The van der Waals surface area contributed by atoms with Crippen molar-refractivity contribution in [1.29, 1.82) is 0 Å². The van der Waals surface area contributed by atoms with Crippen LogP contribution in [0.4, 0.5) is 8.78 Å². The Labute approximate surface area is 152 Å². The number of rotatable bonds is 9. The van der Waals surface area contributed by atoms with Crippen LogP contribution in [0.3, 0.4) is 0 Å². The standard InChI is InChI=1S/C17H30F2N4O3/c1-6-8-17(18,19)9-10(20)14(25)21-11(7-2)12(24)13-22-15(26-23-13)16(3,4)5/h10-12,24H,6-9,20H2,1-5H3,(H,21,25)/t10-,11-,12?/m0/s1. The first kappa shape index (κ1) is 22.4. The zero-order valence-electron chi connectivity index (χ0n) is 16.1. The molecule has 0 saturated carbocycles. The van der Waals surface area contributed by atoms with Crippen molar-refractivity contribution in [2.24, 2.45) is 5.73 Å². The average molecular weight is 376 g/mol. The van der Waals surface area contributed by atoms with Crippen molar-refractivity contribution in [2.75, 3.05) is 0 Å². The van der Waals surface area contributed by atoms with Crippen LogP contribution >= 0.6 is 0 Å². The molecule has 0 fully saturated rings. The third-order valence-electron chi connectivity index (χ3n) is 3.97. The summed E-state index contributed by atoms with van der Waals surface area (Å²) < 4.78 is 32.4. The van der Waals surface area contributed by atoms with Crippen molar-refractivity contribution in [2.45, 2.75) is 89.8 Å². The van der Waals surface area contributed by atoms with Gasteiger partial charge in [0, 0.05) is 18.3 Å². The summed E-state index contributed by atoms with van der Waals surface area (Å²) in [6.45, 7) is 9.01. The summed E-state index contributed by atoms with van der Waals surface area (Å²) in [6.07, 6.45) is -1.66. The highest BCUT2D eigenvalue weighted by atomic mass is 19.3. The number of carbonyl (C=O) groups excluding carboxylic acids is 1. The highest BCUT2D eigenvalue weighted by Crippen LogP contribution is 2.26. The lowest BCUT2D eigenvalue weighted by Crippen LogP contribution is -2.49. The lowest BCUT2D eigenvalue weighted by molar-refractivity contribution is -0.126. The van der Waals surface area contributed by atoms with E-state index in [0.717, 1.165) is 0 Å². The fourth-order valence-corrected chi connectivity index (χ4v) is 2.42. The number of nitrogens with two attached hydrogens (primary N) is 1. The number of nitrogens with one attached hydrogen (secondary N) is 1. The third-order valence-corrected chi connectivity index (χ3v) is 3.97. The van der Waals surface area contributed by atoms with E-state index in [1.165, 1.54) is 0 Å². The Kier molecular flexibility index (Phi) is 7.64. The van der Waals surface area contributed by atoms with E-state index in [4.69, 9.17) is 10.3 Å². The summed E-state index contributed by atoms with van der Waals surface area (Å²) in [4.78, 5) is 16.3. The zero-order chi connectivity index (χ0) is 20.1. The van der Waals surface area contributed by atoms with Gasteiger partial charge in [-0.05, 0) is 6.42 Å². The van der Waals surface area contributed by atoms with Crippen molar-refractivity contribution in [1.82, 2.24) is 15.5 Å².